The van der Waals surface area contributed by atoms with E-state index < -0.39 is 0 Å². The van der Waals surface area contributed by atoms with Crippen molar-refractivity contribution in [3.63, 3.8) is 0 Å². The fourth-order valence-corrected chi connectivity index (χ4v) is 2.82. The molecule has 0 aromatic carbocycles. The van der Waals surface area contributed by atoms with Crippen molar-refractivity contribution >= 4 is 21.8 Å². The number of hydrogen-bond donors (Lipinski definition) is 1. The number of carbonyl (C=O) groups excluding carboxylic acids is 1. The van der Waals surface area contributed by atoms with Crippen LogP contribution in [0.3, 0.4) is 0 Å². The summed E-state index contributed by atoms with van der Waals surface area (Å²) in [6, 6.07) is 1.79. The maximum absolute atomic E-state index is 12.3. The van der Waals surface area contributed by atoms with Gasteiger partial charge < -0.3 is 10.0 Å². The minimum Gasteiger partial charge on any atom is -0.505 e. The molecular weight excluding hydrogens is 284 g/mol. The number of carbonyl (C=O) groups is 1. The quantitative estimate of drug-likeness (QED) is 0.852. The van der Waals surface area contributed by atoms with Gasteiger partial charge in [-0.2, -0.15) is 0 Å². The summed E-state index contributed by atoms with van der Waals surface area (Å²) in [5.74, 6) is -0.148. The van der Waals surface area contributed by atoms with Crippen LogP contribution in [-0.2, 0) is 0 Å². The first kappa shape index (κ1) is 12.4. The third-order valence-electron chi connectivity index (χ3n) is 3.10. The first-order valence-electron chi connectivity index (χ1n) is 5.74. The number of rotatable bonds is 2. The second-order valence-corrected chi connectivity index (χ2v) is 4.84. The number of halogens is 1. The molecule has 1 atom stereocenters. The molecule has 2 heterocycles. The molecule has 1 aromatic heterocycles. The lowest BCUT2D eigenvalue weighted by Crippen LogP contribution is -2.44. The number of aromatic hydroxyl groups is 1. The van der Waals surface area contributed by atoms with Gasteiger partial charge in [-0.1, -0.05) is 15.9 Å². The van der Waals surface area contributed by atoms with Crippen LogP contribution >= 0.6 is 15.9 Å². The SMILES string of the molecule is O=C(c1ccncc1O)N1CCCCC1CBr. The molecule has 0 spiro atoms. The van der Waals surface area contributed by atoms with E-state index >= 15 is 0 Å². The zero-order chi connectivity index (χ0) is 12.3. The monoisotopic (exact) mass is 298 g/mol. The fourth-order valence-electron chi connectivity index (χ4n) is 2.15. The van der Waals surface area contributed by atoms with Gasteiger partial charge in [-0.15, -0.1) is 0 Å². The lowest BCUT2D eigenvalue weighted by Gasteiger charge is -2.34. The van der Waals surface area contributed by atoms with E-state index in [1.165, 1.54) is 12.4 Å². The van der Waals surface area contributed by atoms with E-state index in [9.17, 15) is 9.90 Å². The van der Waals surface area contributed by atoms with Crippen LogP contribution in [0.15, 0.2) is 18.5 Å². The molecule has 1 fully saturated rings. The van der Waals surface area contributed by atoms with Crippen molar-refractivity contribution in [2.24, 2.45) is 0 Å². The van der Waals surface area contributed by atoms with E-state index in [-0.39, 0.29) is 17.7 Å². The lowest BCUT2D eigenvalue weighted by atomic mass is 10.0. The van der Waals surface area contributed by atoms with Gasteiger partial charge in [0.2, 0.25) is 0 Å². The normalized spacial score (nSPS) is 20.3. The average molecular weight is 299 g/mol. The Hall–Kier alpha value is -1.10. The summed E-state index contributed by atoms with van der Waals surface area (Å²) in [6.45, 7) is 0.761. The number of hydrogen-bond acceptors (Lipinski definition) is 3. The van der Waals surface area contributed by atoms with Crippen LogP contribution in [0, 0.1) is 0 Å². The van der Waals surface area contributed by atoms with Gasteiger partial charge in [-0.25, -0.2) is 0 Å². The maximum atomic E-state index is 12.3. The topological polar surface area (TPSA) is 53.4 Å². The molecule has 1 aromatic rings. The summed E-state index contributed by atoms with van der Waals surface area (Å²) >= 11 is 3.44. The highest BCUT2D eigenvalue weighted by Crippen LogP contribution is 2.24. The standard InChI is InChI=1S/C12H15BrN2O2/c13-7-9-3-1-2-6-15(9)12(17)10-4-5-14-8-11(10)16/h4-5,8-9,16H,1-3,6-7H2. The van der Waals surface area contributed by atoms with E-state index in [0.29, 0.717) is 5.56 Å². The minimum absolute atomic E-state index is 0.0450. The van der Waals surface area contributed by atoms with Crippen molar-refractivity contribution in [1.29, 1.82) is 0 Å². The Morgan fingerprint density at radius 2 is 2.41 bits per heavy atom. The van der Waals surface area contributed by atoms with Crippen LogP contribution in [0.25, 0.3) is 0 Å². The molecule has 0 aliphatic carbocycles. The van der Waals surface area contributed by atoms with Crippen molar-refractivity contribution in [2.75, 3.05) is 11.9 Å². The van der Waals surface area contributed by atoms with Crippen LogP contribution in [0.2, 0.25) is 0 Å². The number of alkyl halides is 1. The van der Waals surface area contributed by atoms with Gasteiger partial charge in [-0.05, 0) is 25.3 Å². The van der Waals surface area contributed by atoms with Gasteiger partial charge in [0.05, 0.1) is 11.8 Å². The molecule has 0 saturated carbocycles. The zero-order valence-electron chi connectivity index (χ0n) is 9.47. The van der Waals surface area contributed by atoms with E-state index in [0.717, 1.165) is 31.1 Å². The van der Waals surface area contributed by atoms with Crippen LogP contribution in [0.4, 0.5) is 0 Å². The minimum atomic E-state index is -0.103. The van der Waals surface area contributed by atoms with Gasteiger partial charge in [0.1, 0.15) is 5.75 Å². The number of pyridine rings is 1. The fraction of sp³-hybridized carbons (Fsp3) is 0.500. The summed E-state index contributed by atoms with van der Waals surface area (Å²) in [5.41, 5.74) is 0.341. The molecule has 5 heteroatoms. The second kappa shape index (κ2) is 5.49. The highest BCUT2D eigenvalue weighted by Gasteiger charge is 2.27. The summed E-state index contributed by atoms with van der Waals surface area (Å²) in [4.78, 5) is 17.9. The molecule has 17 heavy (non-hydrogen) atoms. The summed E-state index contributed by atoms with van der Waals surface area (Å²) in [7, 11) is 0. The average Bonchev–Trinajstić information content (AvgIpc) is 2.38. The van der Waals surface area contributed by atoms with Crippen molar-refractivity contribution in [3.8, 4) is 5.75 Å². The smallest absolute Gasteiger partial charge is 0.258 e. The van der Waals surface area contributed by atoms with Crippen LogP contribution < -0.4 is 0 Å². The predicted molar refractivity (Wildman–Crippen MR) is 68.4 cm³/mol. The second-order valence-electron chi connectivity index (χ2n) is 4.20. The highest BCUT2D eigenvalue weighted by molar-refractivity contribution is 9.09. The maximum Gasteiger partial charge on any atom is 0.258 e. The van der Waals surface area contributed by atoms with Gasteiger partial charge in [0.25, 0.3) is 5.91 Å². The molecule has 4 nitrogen and oxygen atoms in total. The largest absolute Gasteiger partial charge is 0.505 e. The molecule has 92 valence electrons. The van der Waals surface area contributed by atoms with Crippen LogP contribution in [0.1, 0.15) is 29.6 Å². The number of amides is 1. The Morgan fingerprint density at radius 3 is 3.12 bits per heavy atom. The van der Waals surface area contributed by atoms with E-state index in [2.05, 4.69) is 20.9 Å². The van der Waals surface area contributed by atoms with Gasteiger partial charge >= 0.3 is 0 Å². The predicted octanol–water partition coefficient (Wildman–Crippen LogP) is 2.18. The van der Waals surface area contributed by atoms with Crippen molar-refractivity contribution in [3.05, 3.63) is 24.0 Å². The third-order valence-corrected chi connectivity index (χ3v) is 3.84. The molecule has 1 N–H and O–H groups in total. The summed E-state index contributed by atoms with van der Waals surface area (Å²) in [5, 5.41) is 10.4. The summed E-state index contributed by atoms with van der Waals surface area (Å²) < 4.78 is 0. The van der Waals surface area contributed by atoms with Crippen molar-refractivity contribution < 1.29 is 9.90 Å². The Bertz CT molecular complexity index is 411. The Morgan fingerprint density at radius 1 is 1.59 bits per heavy atom. The molecule has 1 aliphatic rings. The zero-order valence-corrected chi connectivity index (χ0v) is 11.1. The molecule has 1 amide bonds. The third kappa shape index (κ3) is 2.60. The van der Waals surface area contributed by atoms with Gasteiger partial charge in [0, 0.05) is 24.1 Å². The van der Waals surface area contributed by atoms with Gasteiger partial charge in [0.15, 0.2) is 0 Å². The number of likely N-dealkylation sites (tertiary alicyclic amines) is 1. The van der Waals surface area contributed by atoms with E-state index in [4.69, 9.17) is 0 Å². The van der Waals surface area contributed by atoms with E-state index in [1.54, 1.807) is 6.07 Å². The van der Waals surface area contributed by atoms with E-state index in [1.807, 2.05) is 4.90 Å². The lowest BCUT2D eigenvalue weighted by molar-refractivity contribution is 0.0638. The molecule has 1 saturated heterocycles. The van der Waals surface area contributed by atoms with Crippen molar-refractivity contribution in [1.82, 2.24) is 9.88 Å². The molecule has 0 bridgehead atoms. The first-order chi connectivity index (χ1) is 8.24. The summed E-state index contributed by atoms with van der Waals surface area (Å²) in [6.07, 6.45) is 6.03. The molecule has 0 radical (unpaired) electrons. The highest BCUT2D eigenvalue weighted by atomic mass is 79.9. The van der Waals surface area contributed by atoms with Crippen LogP contribution in [-0.4, -0.2) is 38.8 Å². The van der Waals surface area contributed by atoms with Crippen LogP contribution in [0.5, 0.6) is 5.75 Å². The molecule has 1 aliphatic heterocycles. The Balaban J connectivity index is 2.21. The molecule has 1 unspecified atom stereocenters. The van der Waals surface area contributed by atoms with Crippen molar-refractivity contribution in [2.45, 2.75) is 25.3 Å². The Labute approximate surface area is 109 Å². The number of aromatic nitrogens is 1. The Kier molecular flexibility index (Phi) is 3.99. The number of piperidine rings is 1. The molecule has 2 rings (SSSR count). The number of nitrogens with zero attached hydrogens (tertiary/aromatic N) is 2. The molecular formula is C12H15BrN2O2. The first-order valence-corrected chi connectivity index (χ1v) is 6.86. The van der Waals surface area contributed by atoms with Gasteiger partial charge in [-0.3, -0.25) is 9.78 Å².